The molecule has 1 atom stereocenters. The predicted molar refractivity (Wildman–Crippen MR) is 160 cm³/mol. The summed E-state index contributed by atoms with van der Waals surface area (Å²) in [5.74, 6) is 1.58. The minimum atomic E-state index is -0.138. The molecule has 1 aliphatic rings. The van der Waals surface area contributed by atoms with Crippen molar-refractivity contribution in [3.63, 3.8) is 0 Å². The molecule has 7 nitrogen and oxygen atoms in total. The molecule has 1 aliphatic heterocycles. The van der Waals surface area contributed by atoms with E-state index in [1.54, 1.807) is 18.2 Å². The standard InChI is InChI=1S/C30H35Cl2N5O2/c31-27-14-13-26(21-28(27)32)39-25-11-8-23(9-12-25)35-30(33)36-24(20-22-6-2-1-3-7-22)10-15-29(38)34-16-19-37-17-4-5-18-37/h1-3,6-9,11-14,21,24H,4-5,10,15-20H2,(H,34,38)(H3,33,35,36)/t24-/m1/s1. The van der Waals surface area contributed by atoms with Gasteiger partial charge in [-0.3, -0.25) is 4.79 Å². The first kappa shape index (κ1) is 28.7. The van der Waals surface area contributed by atoms with Crippen molar-refractivity contribution in [2.24, 2.45) is 10.7 Å². The third-order valence-electron chi connectivity index (χ3n) is 6.54. The Bertz CT molecular complexity index is 1230. The Balaban J connectivity index is 1.32. The van der Waals surface area contributed by atoms with Gasteiger partial charge in [0, 0.05) is 31.3 Å². The number of hydrogen-bond donors (Lipinski definition) is 3. The highest BCUT2D eigenvalue weighted by Crippen LogP contribution is 2.29. The quantitative estimate of drug-likeness (QED) is 0.181. The van der Waals surface area contributed by atoms with Gasteiger partial charge < -0.3 is 26.0 Å². The summed E-state index contributed by atoms with van der Waals surface area (Å²) in [6.07, 6.45) is 4.19. The number of nitrogens with zero attached hydrogens (tertiary/aromatic N) is 2. The SMILES string of the molecule is NC(=N[C@H](CCC(=O)NCCN1CCCC1)Cc1ccccc1)Nc1ccc(Oc2ccc(Cl)c(Cl)c2)cc1. The zero-order valence-electron chi connectivity index (χ0n) is 21.9. The molecule has 0 saturated carbocycles. The molecule has 0 radical (unpaired) electrons. The van der Waals surface area contributed by atoms with Crippen LogP contribution in [0.1, 0.15) is 31.2 Å². The van der Waals surface area contributed by atoms with E-state index in [2.05, 4.69) is 27.7 Å². The zero-order chi connectivity index (χ0) is 27.5. The molecular formula is C30H35Cl2N5O2. The summed E-state index contributed by atoms with van der Waals surface area (Å²) in [7, 11) is 0. The highest BCUT2D eigenvalue weighted by atomic mass is 35.5. The number of halogens is 2. The smallest absolute Gasteiger partial charge is 0.220 e. The Morgan fingerprint density at radius 3 is 2.41 bits per heavy atom. The van der Waals surface area contributed by atoms with E-state index in [1.807, 2.05) is 42.5 Å². The molecule has 1 heterocycles. The van der Waals surface area contributed by atoms with Gasteiger partial charge in [0.05, 0.1) is 16.1 Å². The molecule has 0 aliphatic carbocycles. The van der Waals surface area contributed by atoms with Crippen molar-refractivity contribution in [3.05, 3.63) is 88.4 Å². The van der Waals surface area contributed by atoms with Gasteiger partial charge in [-0.15, -0.1) is 0 Å². The summed E-state index contributed by atoms with van der Waals surface area (Å²) >= 11 is 12.0. The molecule has 3 aromatic carbocycles. The summed E-state index contributed by atoms with van der Waals surface area (Å²) in [6.45, 7) is 3.84. The molecule has 9 heteroatoms. The van der Waals surface area contributed by atoms with Crippen LogP contribution in [0, 0.1) is 0 Å². The first-order valence-electron chi connectivity index (χ1n) is 13.3. The van der Waals surface area contributed by atoms with Crippen LogP contribution in [0.5, 0.6) is 11.5 Å². The summed E-state index contributed by atoms with van der Waals surface area (Å²) in [5, 5.41) is 7.10. The van der Waals surface area contributed by atoms with Gasteiger partial charge in [-0.1, -0.05) is 53.5 Å². The molecule has 1 amide bonds. The monoisotopic (exact) mass is 567 g/mol. The fraction of sp³-hybridized carbons (Fsp3) is 0.333. The fourth-order valence-corrected chi connectivity index (χ4v) is 4.79. The maximum atomic E-state index is 12.5. The number of nitrogens with two attached hydrogens (primary N) is 1. The number of anilines is 1. The minimum Gasteiger partial charge on any atom is -0.457 e. The second-order valence-electron chi connectivity index (χ2n) is 9.62. The first-order valence-corrected chi connectivity index (χ1v) is 14.1. The second kappa shape index (κ2) is 14.8. The molecule has 39 heavy (non-hydrogen) atoms. The number of carbonyl (C=O) groups excluding carboxylic acids is 1. The third-order valence-corrected chi connectivity index (χ3v) is 7.28. The Hall–Kier alpha value is -3.26. The molecule has 0 spiro atoms. The summed E-state index contributed by atoms with van der Waals surface area (Å²) in [6, 6.07) is 22.5. The zero-order valence-corrected chi connectivity index (χ0v) is 23.4. The van der Waals surface area contributed by atoms with Gasteiger partial charge in [-0.2, -0.15) is 0 Å². The van der Waals surface area contributed by atoms with Crippen molar-refractivity contribution in [2.75, 3.05) is 31.5 Å². The number of guanidine groups is 1. The van der Waals surface area contributed by atoms with Crippen LogP contribution in [-0.2, 0) is 11.2 Å². The molecule has 0 bridgehead atoms. The number of rotatable bonds is 12. The van der Waals surface area contributed by atoms with E-state index in [4.69, 9.17) is 38.7 Å². The number of aliphatic imine (C=N–C) groups is 1. The molecule has 0 unspecified atom stereocenters. The maximum absolute atomic E-state index is 12.5. The summed E-state index contributed by atoms with van der Waals surface area (Å²) in [5.41, 5.74) is 8.21. The van der Waals surface area contributed by atoms with E-state index in [0.717, 1.165) is 30.9 Å². The summed E-state index contributed by atoms with van der Waals surface area (Å²) in [4.78, 5) is 19.6. The minimum absolute atomic E-state index is 0.0477. The number of amides is 1. The number of hydrogen-bond acceptors (Lipinski definition) is 4. The number of likely N-dealkylation sites (tertiary alicyclic amines) is 1. The topological polar surface area (TPSA) is 92.0 Å². The van der Waals surface area contributed by atoms with Crippen molar-refractivity contribution < 1.29 is 9.53 Å². The van der Waals surface area contributed by atoms with Crippen LogP contribution in [0.4, 0.5) is 5.69 Å². The van der Waals surface area contributed by atoms with E-state index in [9.17, 15) is 4.79 Å². The molecule has 4 N–H and O–H groups in total. The van der Waals surface area contributed by atoms with Crippen LogP contribution in [0.2, 0.25) is 10.0 Å². The molecule has 3 aromatic rings. The summed E-state index contributed by atoms with van der Waals surface area (Å²) < 4.78 is 5.84. The van der Waals surface area contributed by atoms with Crippen LogP contribution in [0.3, 0.4) is 0 Å². The Kier molecular flexibility index (Phi) is 10.9. The number of nitrogens with one attached hydrogen (secondary N) is 2. The first-order chi connectivity index (χ1) is 18.9. The van der Waals surface area contributed by atoms with Gasteiger partial charge in [0.15, 0.2) is 5.96 Å². The van der Waals surface area contributed by atoms with Gasteiger partial charge in [-0.05, 0) is 80.7 Å². The Morgan fingerprint density at radius 1 is 0.974 bits per heavy atom. The highest BCUT2D eigenvalue weighted by Gasteiger charge is 2.14. The Labute approximate surface area is 240 Å². The lowest BCUT2D eigenvalue weighted by atomic mass is 10.0. The highest BCUT2D eigenvalue weighted by molar-refractivity contribution is 6.42. The predicted octanol–water partition coefficient (Wildman–Crippen LogP) is 6.12. The largest absolute Gasteiger partial charge is 0.457 e. The molecule has 206 valence electrons. The van der Waals surface area contributed by atoms with Gasteiger partial charge in [0.1, 0.15) is 11.5 Å². The van der Waals surface area contributed by atoms with Crippen LogP contribution in [-0.4, -0.2) is 49.0 Å². The third kappa shape index (κ3) is 9.77. The lowest BCUT2D eigenvalue weighted by molar-refractivity contribution is -0.121. The van der Waals surface area contributed by atoms with Crippen LogP contribution in [0.15, 0.2) is 77.8 Å². The van der Waals surface area contributed by atoms with Gasteiger partial charge >= 0.3 is 0 Å². The molecule has 1 fully saturated rings. The van der Waals surface area contributed by atoms with Gasteiger partial charge in [0.2, 0.25) is 5.91 Å². The maximum Gasteiger partial charge on any atom is 0.220 e. The average molecular weight is 569 g/mol. The molecular weight excluding hydrogens is 533 g/mol. The molecule has 0 aromatic heterocycles. The fourth-order valence-electron chi connectivity index (χ4n) is 4.50. The number of ether oxygens (including phenoxy) is 1. The van der Waals surface area contributed by atoms with Crippen LogP contribution in [0.25, 0.3) is 0 Å². The van der Waals surface area contributed by atoms with Gasteiger partial charge in [0.25, 0.3) is 0 Å². The van der Waals surface area contributed by atoms with Crippen molar-refractivity contribution >= 4 is 40.8 Å². The average Bonchev–Trinajstić information content (AvgIpc) is 3.45. The lowest BCUT2D eigenvalue weighted by Gasteiger charge is -2.16. The number of carbonyl (C=O) groups is 1. The molecule has 4 rings (SSSR count). The van der Waals surface area contributed by atoms with E-state index in [-0.39, 0.29) is 11.9 Å². The van der Waals surface area contributed by atoms with Crippen molar-refractivity contribution in [1.82, 2.24) is 10.2 Å². The van der Waals surface area contributed by atoms with E-state index >= 15 is 0 Å². The van der Waals surface area contributed by atoms with Crippen molar-refractivity contribution in [2.45, 2.75) is 38.1 Å². The Morgan fingerprint density at radius 2 is 1.69 bits per heavy atom. The molecule has 1 saturated heterocycles. The van der Waals surface area contributed by atoms with E-state index in [1.165, 1.54) is 12.8 Å². The lowest BCUT2D eigenvalue weighted by Crippen LogP contribution is -2.34. The van der Waals surface area contributed by atoms with Crippen molar-refractivity contribution in [3.8, 4) is 11.5 Å². The van der Waals surface area contributed by atoms with Gasteiger partial charge in [-0.25, -0.2) is 4.99 Å². The van der Waals surface area contributed by atoms with E-state index < -0.39 is 0 Å². The normalized spacial score (nSPS) is 14.7. The van der Waals surface area contributed by atoms with Crippen LogP contribution >= 0.6 is 23.2 Å². The van der Waals surface area contributed by atoms with Crippen molar-refractivity contribution in [1.29, 1.82) is 0 Å². The van der Waals surface area contributed by atoms with E-state index in [0.29, 0.717) is 53.3 Å². The second-order valence-corrected chi connectivity index (χ2v) is 10.4. The van der Waals surface area contributed by atoms with Crippen LogP contribution < -0.4 is 21.1 Å². The number of benzene rings is 3.